The summed E-state index contributed by atoms with van der Waals surface area (Å²) in [5.74, 6) is -1.29. The highest BCUT2D eigenvalue weighted by Gasteiger charge is 2.32. The van der Waals surface area contributed by atoms with Gasteiger partial charge in [-0.3, -0.25) is 4.79 Å². The molecule has 0 unspecified atom stereocenters. The first-order valence-electron chi connectivity index (χ1n) is 5.77. The van der Waals surface area contributed by atoms with Crippen molar-refractivity contribution in [3.63, 3.8) is 0 Å². The standard InChI is InChI=1S/C15H7ClO4/c16-13(17)9-6-4-8(5-7-9)10-2-1-3-11-12(10)15(19)20-14(11)18/h1-7H. The molecule has 0 bridgehead atoms. The monoisotopic (exact) mass is 286 g/mol. The summed E-state index contributed by atoms with van der Waals surface area (Å²) in [6.45, 7) is 0. The average molecular weight is 287 g/mol. The number of halogens is 1. The van der Waals surface area contributed by atoms with E-state index in [1.54, 1.807) is 42.5 Å². The van der Waals surface area contributed by atoms with Gasteiger partial charge in [0.15, 0.2) is 0 Å². The summed E-state index contributed by atoms with van der Waals surface area (Å²) in [5.41, 5.74) is 2.16. The molecule has 4 nitrogen and oxygen atoms in total. The molecule has 0 aliphatic carbocycles. The number of hydrogen-bond donors (Lipinski definition) is 0. The molecule has 0 fully saturated rings. The Hall–Kier alpha value is -2.46. The van der Waals surface area contributed by atoms with Gasteiger partial charge in [-0.05, 0) is 40.9 Å². The number of carbonyl (C=O) groups excluding carboxylic acids is 3. The second-order valence-corrected chi connectivity index (χ2v) is 4.60. The van der Waals surface area contributed by atoms with E-state index in [4.69, 9.17) is 11.6 Å². The van der Waals surface area contributed by atoms with Crippen molar-refractivity contribution in [1.29, 1.82) is 0 Å². The van der Waals surface area contributed by atoms with E-state index >= 15 is 0 Å². The molecular weight excluding hydrogens is 280 g/mol. The Morgan fingerprint density at radius 2 is 1.55 bits per heavy atom. The molecule has 0 atom stereocenters. The van der Waals surface area contributed by atoms with E-state index in [9.17, 15) is 14.4 Å². The fraction of sp³-hybridized carbons (Fsp3) is 0. The Morgan fingerprint density at radius 3 is 2.20 bits per heavy atom. The highest BCUT2D eigenvalue weighted by molar-refractivity contribution is 6.67. The molecule has 0 aromatic heterocycles. The third kappa shape index (κ3) is 1.90. The Morgan fingerprint density at radius 1 is 0.900 bits per heavy atom. The molecule has 0 saturated carbocycles. The van der Waals surface area contributed by atoms with Gasteiger partial charge in [0.1, 0.15) is 0 Å². The number of carbonyl (C=O) groups is 3. The maximum atomic E-state index is 11.7. The summed E-state index contributed by atoms with van der Waals surface area (Å²) in [7, 11) is 0. The van der Waals surface area contributed by atoms with E-state index in [2.05, 4.69) is 4.74 Å². The maximum Gasteiger partial charge on any atom is 0.347 e. The first-order chi connectivity index (χ1) is 9.58. The fourth-order valence-electron chi connectivity index (χ4n) is 2.15. The Bertz CT molecular complexity index is 747. The molecule has 0 spiro atoms. The summed E-state index contributed by atoms with van der Waals surface area (Å²) >= 11 is 5.38. The Kier molecular flexibility index (Phi) is 2.88. The van der Waals surface area contributed by atoms with Gasteiger partial charge in [-0.2, -0.15) is 0 Å². The van der Waals surface area contributed by atoms with Gasteiger partial charge in [-0.15, -0.1) is 0 Å². The van der Waals surface area contributed by atoms with Crippen LogP contribution in [0.3, 0.4) is 0 Å². The molecule has 1 aliphatic rings. The van der Waals surface area contributed by atoms with Crippen LogP contribution < -0.4 is 0 Å². The van der Waals surface area contributed by atoms with Crippen LogP contribution in [0.1, 0.15) is 31.1 Å². The third-order valence-corrected chi connectivity index (χ3v) is 3.31. The largest absolute Gasteiger partial charge is 0.386 e. The predicted molar refractivity (Wildman–Crippen MR) is 71.8 cm³/mol. The topological polar surface area (TPSA) is 60.4 Å². The molecule has 5 heteroatoms. The third-order valence-electron chi connectivity index (χ3n) is 3.10. The van der Waals surface area contributed by atoms with E-state index in [0.717, 1.165) is 0 Å². The van der Waals surface area contributed by atoms with Crippen LogP contribution in [0.2, 0.25) is 0 Å². The molecular formula is C15H7ClO4. The number of esters is 2. The maximum absolute atomic E-state index is 11.7. The summed E-state index contributed by atoms with van der Waals surface area (Å²) < 4.78 is 4.60. The summed E-state index contributed by atoms with van der Waals surface area (Å²) in [6.07, 6.45) is 0. The molecule has 1 heterocycles. The number of hydrogen-bond acceptors (Lipinski definition) is 4. The molecule has 0 radical (unpaired) electrons. The van der Waals surface area contributed by atoms with E-state index in [1.807, 2.05) is 0 Å². The minimum Gasteiger partial charge on any atom is -0.386 e. The predicted octanol–water partition coefficient (Wildman–Crippen LogP) is 3.04. The van der Waals surface area contributed by atoms with Gasteiger partial charge in [0.05, 0.1) is 11.1 Å². The first-order valence-corrected chi connectivity index (χ1v) is 6.15. The number of rotatable bonds is 2. The van der Waals surface area contributed by atoms with Crippen LogP contribution in [0.15, 0.2) is 42.5 Å². The van der Waals surface area contributed by atoms with Crippen molar-refractivity contribution in [2.24, 2.45) is 0 Å². The number of cyclic esters (lactones) is 2. The fourth-order valence-corrected chi connectivity index (χ4v) is 2.28. The van der Waals surface area contributed by atoms with Crippen LogP contribution in [0.25, 0.3) is 11.1 Å². The van der Waals surface area contributed by atoms with Gasteiger partial charge in [0, 0.05) is 5.56 Å². The van der Waals surface area contributed by atoms with Crippen molar-refractivity contribution in [2.75, 3.05) is 0 Å². The lowest BCUT2D eigenvalue weighted by Gasteiger charge is -2.05. The molecule has 0 N–H and O–H groups in total. The molecule has 98 valence electrons. The molecule has 1 aliphatic heterocycles. The lowest BCUT2D eigenvalue weighted by atomic mass is 9.96. The summed E-state index contributed by atoms with van der Waals surface area (Å²) in [6, 6.07) is 11.4. The normalized spacial score (nSPS) is 13.1. The minimum absolute atomic E-state index is 0.252. The number of ether oxygens (including phenoxy) is 1. The van der Waals surface area contributed by atoms with Crippen molar-refractivity contribution >= 4 is 28.8 Å². The van der Waals surface area contributed by atoms with Crippen LogP contribution in [0.5, 0.6) is 0 Å². The van der Waals surface area contributed by atoms with E-state index in [0.29, 0.717) is 16.7 Å². The second kappa shape index (κ2) is 4.58. The zero-order valence-electron chi connectivity index (χ0n) is 10.1. The van der Waals surface area contributed by atoms with Gasteiger partial charge in [0.25, 0.3) is 5.24 Å². The molecule has 2 aromatic carbocycles. The lowest BCUT2D eigenvalue weighted by molar-refractivity contribution is 0.0444. The van der Waals surface area contributed by atoms with Gasteiger partial charge in [-0.25, -0.2) is 9.59 Å². The highest BCUT2D eigenvalue weighted by atomic mass is 35.5. The van der Waals surface area contributed by atoms with Crippen molar-refractivity contribution < 1.29 is 19.1 Å². The van der Waals surface area contributed by atoms with Crippen LogP contribution >= 0.6 is 11.6 Å². The van der Waals surface area contributed by atoms with Crippen molar-refractivity contribution in [3.05, 3.63) is 59.2 Å². The van der Waals surface area contributed by atoms with Crippen LogP contribution in [0.4, 0.5) is 0 Å². The van der Waals surface area contributed by atoms with Crippen molar-refractivity contribution in [2.45, 2.75) is 0 Å². The van der Waals surface area contributed by atoms with Crippen LogP contribution in [-0.4, -0.2) is 17.2 Å². The summed E-state index contributed by atoms with van der Waals surface area (Å²) in [4.78, 5) is 34.2. The van der Waals surface area contributed by atoms with E-state index in [1.165, 1.54) is 0 Å². The van der Waals surface area contributed by atoms with Crippen LogP contribution in [0, 0.1) is 0 Å². The Balaban J connectivity index is 2.14. The van der Waals surface area contributed by atoms with Gasteiger partial charge >= 0.3 is 11.9 Å². The molecule has 2 aromatic rings. The second-order valence-electron chi connectivity index (χ2n) is 4.26. The molecule has 3 rings (SSSR count). The van der Waals surface area contributed by atoms with E-state index in [-0.39, 0.29) is 11.1 Å². The average Bonchev–Trinajstić information content (AvgIpc) is 2.74. The van der Waals surface area contributed by atoms with E-state index < -0.39 is 17.2 Å². The zero-order chi connectivity index (χ0) is 14.3. The van der Waals surface area contributed by atoms with Crippen molar-refractivity contribution in [1.82, 2.24) is 0 Å². The first kappa shape index (κ1) is 12.6. The lowest BCUT2D eigenvalue weighted by Crippen LogP contribution is -1.98. The zero-order valence-corrected chi connectivity index (χ0v) is 10.8. The van der Waals surface area contributed by atoms with Crippen LogP contribution in [-0.2, 0) is 4.74 Å². The van der Waals surface area contributed by atoms with Gasteiger partial charge in [-0.1, -0.05) is 24.3 Å². The van der Waals surface area contributed by atoms with Crippen molar-refractivity contribution in [3.8, 4) is 11.1 Å². The molecule has 0 saturated heterocycles. The highest BCUT2D eigenvalue weighted by Crippen LogP contribution is 2.31. The minimum atomic E-state index is -0.655. The van der Waals surface area contributed by atoms with Gasteiger partial charge in [0.2, 0.25) is 0 Å². The molecule has 20 heavy (non-hydrogen) atoms. The summed E-state index contributed by atoms with van der Waals surface area (Å²) in [5, 5.41) is -0.551. The number of benzene rings is 2. The smallest absolute Gasteiger partial charge is 0.347 e. The Labute approximate surface area is 118 Å². The SMILES string of the molecule is O=C(Cl)c1ccc(-c2cccc3c2C(=O)OC3=O)cc1. The molecule has 0 amide bonds. The number of fused-ring (bicyclic) bond motifs is 1. The quantitative estimate of drug-likeness (QED) is 0.484. The van der Waals surface area contributed by atoms with Gasteiger partial charge < -0.3 is 4.74 Å².